The van der Waals surface area contributed by atoms with E-state index in [1.165, 1.54) is 0 Å². The van der Waals surface area contributed by atoms with E-state index in [1.807, 2.05) is 51.1 Å². The third-order valence-electron chi connectivity index (χ3n) is 3.47. The summed E-state index contributed by atoms with van der Waals surface area (Å²) >= 11 is 5.05. The summed E-state index contributed by atoms with van der Waals surface area (Å²) in [7, 11) is 0. The minimum absolute atomic E-state index is 0.110. The molecule has 144 valence electrons. The molecular weight excluding hydrogens is 350 g/mol. The Morgan fingerprint density at radius 3 is 2.42 bits per heavy atom. The van der Waals surface area contributed by atoms with Crippen LogP contribution in [0.15, 0.2) is 30.3 Å². The fourth-order valence-electron chi connectivity index (χ4n) is 2.29. The maximum absolute atomic E-state index is 12.1. The Bertz CT molecular complexity index is 600. The first-order chi connectivity index (χ1) is 12.2. The van der Waals surface area contributed by atoms with Gasteiger partial charge in [-0.25, -0.2) is 4.79 Å². The minimum Gasteiger partial charge on any atom is -0.444 e. The number of thiocarbonyl (C=S) groups is 1. The summed E-state index contributed by atoms with van der Waals surface area (Å²) in [6, 6.07) is 9.15. The number of nitrogens with one attached hydrogen (secondary N) is 2. The maximum atomic E-state index is 12.1. The molecule has 4 N–H and O–H groups in total. The molecule has 2 amide bonds. The van der Waals surface area contributed by atoms with Gasteiger partial charge in [-0.1, -0.05) is 42.5 Å². The molecule has 0 radical (unpaired) electrons. The Labute approximate surface area is 160 Å². The second-order valence-electron chi connectivity index (χ2n) is 7.11. The molecule has 6 nitrogen and oxygen atoms in total. The van der Waals surface area contributed by atoms with Gasteiger partial charge in [0.15, 0.2) is 0 Å². The van der Waals surface area contributed by atoms with Crippen molar-refractivity contribution in [3.8, 4) is 0 Å². The van der Waals surface area contributed by atoms with Crippen LogP contribution in [0.2, 0.25) is 0 Å². The first kappa shape index (κ1) is 21.9. The predicted molar refractivity (Wildman–Crippen MR) is 107 cm³/mol. The van der Waals surface area contributed by atoms with Crippen LogP contribution in [0.1, 0.15) is 45.6 Å². The van der Waals surface area contributed by atoms with Gasteiger partial charge in [0.2, 0.25) is 5.91 Å². The van der Waals surface area contributed by atoms with Crippen LogP contribution in [0, 0.1) is 0 Å². The molecular formula is C19H29N3O3S. The van der Waals surface area contributed by atoms with Crippen LogP contribution < -0.4 is 16.4 Å². The van der Waals surface area contributed by atoms with Gasteiger partial charge in [-0.2, -0.15) is 0 Å². The van der Waals surface area contributed by atoms with E-state index in [0.717, 1.165) is 18.4 Å². The monoisotopic (exact) mass is 379 g/mol. The van der Waals surface area contributed by atoms with Gasteiger partial charge in [-0.3, -0.25) is 4.79 Å². The second kappa shape index (κ2) is 10.8. The molecule has 0 aliphatic heterocycles. The lowest BCUT2D eigenvalue weighted by molar-refractivity contribution is -0.120. The molecule has 0 saturated heterocycles. The fraction of sp³-hybridized carbons (Fsp3) is 0.526. The van der Waals surface area contributed by atoms with E-state index in [4.69, 9.17) is 22.7 Å². The van der Waals surface area contributed by atoms with E-state index < -0.39 is 11.7 Å². The fourth-order valence-corrected chi connectivity index (χ4v) is 2.47. The molecule has 1 atom stereocenters. The van der Waals surface area contributed by atoms with Gasteiger partial charge >= 0.3 is 6.09 Å². The Morgan fingerprint density at radius 1 is 1.19 bits per heavy atom. The van der Waals surface area contributed by atoms with E-state index in [2.05, 4.69) is 10.6 Å². The number of carbonyl (C=O) groups is 2. The van der Waals surface area contributed by atoms with E-state index in [9.17, 15) is 9.59 Å². The van der Waals surface area contributed by atoms with Crippen molar-refractivity contribution in [1.29, 1.82) is 0 Å². The number of carbonyl (C=O) groups excluding carboxylic acids is 2. The number of alkyl carbamates (subject to hydrolysis) is 1. The number of unbranched alkanes of at least 4 members (excludes halogenated alkanes) is 1. The summed E-state index contributed by atoms with van der Waals surface area (Å²) < 4.78 is 5.16. The Hall–Kier alpha value is -2.15. The number of ether oxygens (including phenoxy) is 1. The van der Waals surface area contributed by atoms with Gasteiger partial charge in [0, 0.05) is 6.54 Å². The molecule has 1 aromatic carbocycles. The zero-order valence-electron chi connectivity index (χ0n) is 15.7. The highest BCUT2D eigenvalue weighted by atomic mass is 32.1. The molecule has 0 heterocycles. The van der Waals surface area contributed by atoms with Crippen LogP contribution in [0.25, 0.3) is 0 Å². The molecule has 0 unspecified atom stereocenters. The second-order valence-corrected chi connectivity index (χ2v) is 7.58. The largest absolute Gasteiger partial charge is 0.444 e. The summed E-state index contributed by atoms with van der Waals surface area (Å²) in [5.74, 6) is -0.110. The van der Waals surface area contributed by atoms with Crippen molar-refractivity contribution in [2.75, 3.05) is 6.54 Å². The molecule has 0 bridgehead atoms. The minimum atomic E-state index is -0.510. The maximum Gasteiger partial charge on any atom is 0.407 e. The van der Waals surface area contributed by atoms with Crippen molar-refractivity contribution in [1.82, 2.24) is 10.6 Å². The Morgan fingerprint density at radius 2 is 1.85 bits per heavy atom. The number of hydrogen-bond donors (Lipinski definition) is 3. The first-order valence-electron chi connectivity index (χ1n) is 8.77. The van der Waals surface area contributed by atoms with Crippen molar-refractivity contribution in [2.24, 2.45) is 5.73 Å². The number of benzene rings is 1. The Kier molecular flexibility index (Phi) is 9.05. The molecule has 0 aromatic heterocycles. The standard InChI is InChI=1S/C19H29N3O3S/c1-19(2,3)25-18(24)21-12-8-7-11-15(17(20)26)22-16(23)13-14-9-5-4-6-10-14/h4-6,9-10,15H,7-8,11-13H2,1-3H3,(H2,20,26)(H,21,24)(H,22,23)/t15-/m0/s1. The number of nitrogens with two attached hydrogens (primary N) is 1. The van der Waals surface area contributed by atoms with E-state index in [0.29, 0.717) is 19.4 Å². The van der Waals surface area contributed by atoms with E-state index in [1.54, 1.807) is 0 Å². The number of rotatable bonds is 9. The summed E-state index contributed by atoms with van der Waals surface area (Å²) in [5, 5.41) is 5.58. The molecule has 0 spiro atoms. The van der Waals surface area contributed by atoms with Gasteiger partial charge in [0.1, 0.15) is 5.60 Å². The summed E-state index contributed by atoms with van der Waals surface area (Å²) in [5.41, 5.74) is 6.17. The van der Waals surface area contributed by atoms with Crippen LogP contribution in [-0.4, -0.2) is 35.2 Å². The molecule has 0 saturated carbocycles. The molecule has 0 fully saturated rings. The average Bonchev–Trinajstić information content (AvgIpc) is 2.52. The van der Waals surface area contributed by atoms with Gasteiger partial charge in [-0.05, 0) is 45.6 Å². The normalized spacial score (nSPS) is 12.1. The smallest absolute Gasteiger partial charge is 0.407 e. The van der Waals surface area contributed by atoms with Crippen molar-refractivity contribution in [3.05, 3.63) is 35.9 Å². The lowest BCUT2D eigenvalue weighted by atomic mass is 10.1. The summed E-state index contributed by atoms with van der Waals surface area (Å²) in [6.07, 6.45) is 2.00. The molecule has 0 aliphatic carbocycles. The van der Waals surface area contributed by atoms with Gasteiger partial charge in [0.25, 0.3) is 0 Å². The van der Waals surface area contributed by atoms with Crippen LogP contribution in [-0.2, 0) is 16.0 Å². The van der Waals surface area contributed by atoms with Crippen molar-refractivity contribution in [3.63, 3.8) is 0 Å². The van der Waals surface area contributed by atoms with Crippen LogP contribution in [0.3, 0.4) is 0 Å². The first-order valence-corrected chi connectivity index (χ1v) is 9.17. The van der Waals surface area contributed by atoms with Crippen molar-refractivity contribution < 1.29 is 14.3 Å². The molecule has 1 aromatic rings. The zero-order chi connectivity index (χ0) is 19.6. The van der Waals surface area contributed by atoms with Crippen LogP contribution in [0.5, 0.6) is 0 Å². The van der Waals surface area contributed by atoms with Crippen molar-refractivity contribution in [2.45, 2.75) is 58.1 Å². The third kappa shape index (κ3) is 9.98. The van der Waals surface area contributed by atoms with Crippen LogP contribution >= 0.6 is 12.2 Å². The van der Waals surface area contributed by atoms with Crippen LogP contribution in [0.4, 0.5) is 4.79 Å². The average molecular weight is 380 g/mol. The molecule has 0 aliphatic rings. The van der Waals surface area contributed by atoms with Gasteiger partial charge < -0.3 is 21.1 Å². The highest BCUT2D eigenvalue weighted by Crippen LogP contribution is 2.07. The number of hydrogen-bond acceptors (Lipinski definition) is 4. The highest BCUT2D eigenvalue weighted by molar-refractivity contribution is 7.80. The summed E-state index contributed by atoms with van der Waals surface area (Å²) in [4.78, 5) is 24.0. The van der Waals surface area contributed by atoms with E-state index >= 15 is 0 Å². The molecule has 1 rings (SSSR count). The number of amides is 2. The molecule has 26 heavy (non-hydrogen) atoms. The quantitative estimate of drug-likeness (QED) is 0.453. The van der Waals surface area contributed by atoms with Gasteiger partial charge in [0.05, 0.1) is 17.5 Å². The van der Waals surface area contributed by atoms with E-state index in [-0.39, 0.29) is 16.9 Å². The predicted octanol–water partition coefficient (Wildman–Crippen LogP) is 2.70. The zero-order valence-corrected chi connectivity index (χ0v) is 16.5. The Balaban J connectivity index is 2.29. The molecule has 7 heteroatoms. The lowest BCUT2D eigenvalue weighted by Crippen LogP contribution is -2.44. The SMILES string of the molecule is CC(C)(C)OC(=O)NCCCC[C@H](NC(=O)Cc1ccccc1)C(N)=S. The highest BCUT2D eigenvalue weighted by Gasteiger charge is 2.17. The van der Waals surface area contributed by atoms with Gasteiger partial charge in [-0.15, -0.1) is 0 Å². The van der Waals surface area contributed by atoms with Crippen molar-refractivity contribution >= 4 is 29.2 Å². The topological polar surface area (TPSA) is 93.5 Å². The lowest BCUT2D eigenvalue weighted by Gasteiger charge is -2.20. The third-order valence-corrected chi connectivity index (χ3v) is 3.76. The summed E-state index contributed by atoms with van der Waals surface area (Å²) in [6.45, 7) is 5.95.